The van der Waals surface area contributed by atoms with Gasteiger partial charge in [0.05, 0.1) is 48.7 Å². The van der Waals surface area contributed by atoms with Gasteiger partial charge in [0.2, 0.25) is 0 Å². The molecule has 9 aromatic carbocycles. The first-order valence-corrected chi connectivity index (χ1v) is 38.4. The monoisotopic (exact) mass is 1520 g/mol. The van der Waals surface area contributed by atoms with E-state index in [-0.39, 0.29) is 187 Å². The van der Waals surface area contributed by atoms with Gasteiger partial charge in [-0.3, -0.25) is 29.0 Å². The van der Waals surface area contributed by atoms with Crippen LogP contribution in [0.2, 0.25) is 0 Å². The first kappa shape index (κ1) is 82.0. The van der Waals surface area contributed by atoms with Crippen LogP contribution in [0.3, 0.4) is 0 Å². The summed E-state index contributed by atoms with van der Waals surface area (Å²) >= 11 is 0. The average Bonchev–Trinajstić information content (AvgIpc) is 0.670. The SMILES string of the molecule is C=C(C)C(=O)OCCOCCOC(=O)C(CCCC)N1C(=O)c2cc(Oc3ccc(C(C)(C)C)cc3)c3c4c(Oc5ccc(C(C)(C)C)cc5)cc5c6c(cc(Oc7ccc(C(C)(C)C)cc7)c(c7c(Oc8ccc(C(C)(C)C)cc8)cc(c2c37)C1=O)c64)C(=O)N(C(CCCC)C(=O)OCCOCCOC(=O)C(=C)C)C5=O. The summed E-state index contributed by atoms with van der Waals surface area (Å²) in [5, 5.41) is 1.84. The summed E-state index contributed by atoms with van der Waals surface area (Å²) in [7, 11) is 0. The lowest BCUT2D eigenvalue weighted by atomic mass is 9.80. The van der Waals surface area contributed by atoms with E-state index in [1.54, 1.807) is 24.3 Å². The molecular formula is C92H102N2O18. The van der Waals surface area contributed by atoms with Crippen molar-refractivity contribution in [2.75, 3.05) is 52.9 Å². The molecule has 0 spiro atoms. The van der Waals surface area contributed by atoms with Gasteiger partial charge >= 0.3 is 23.9 Å². The zero-order chi connectivity index (χ0) is 81.1. The molecule has 2 aliphatic rings. The largest absolute Gasteiger partial charge is 0.462 e. The first-order chi connectivity index (χ1) is 53.0. The average molecular weight is 1520 g/mol. The molecule has 2 heterocycles. The maximum atomic E-state index is 16.4. The van der Waals surface area contributed by atoms with E-state index in [4.69, 9.17) is 47.4 Å². The summed E-state index contributed by atoms with van der Waals surface area (Å²) in [6, 6.07) is 33.5. The van der Waals surface area contributed by atoms with Crippen LogP contribution in [0.5, 0.6) is 46.0 Å². The van der Waals surface area contributed by atoms with Crippen molar-refractivity contribution in [3.05, 3.63) is 190 Å². The van der Waals surface area contributed by atoms with Gasteiger partial charge in [-0.25, -0.2) is 19.2 Å². The van der Waals surface area contributed by atoms with Gasteiger partial charge in [0.15, 0.2) is 0 Å². The number of rotatable bonds is 32. The lowest BCUT2D eigenvalue weighted by molar-refractivity contribution is -0.151. The van der Waals surface area contributed by atoms with Gasteiger partial charge in [0, 0.05) is 54.2 Å². The molecule has 2 atom stereocenters. The Morgan fingerprint density at radius 3 is 0.786 bits per heavy atom. The third-order valence-corrected chi connectivity index (χ3v) is 20.1. The molecule has 9 aromatic rings. The zero-order valence-corrected chi connectivity index (χ0v) is 67.3. The summed E-state index contributed by atoms with van der Waals surface area (Å²) < 4.78 is 62.8. The van der Waals surface area contributed by atoms with Crippen molar-refractivity contribution in [1.82, 2.24) is 9.80 Å². The standard InChI is InChI=1S/C92H102N2O18/c1-19-21-23-67(87(101)107-47-43-103-41-45-105-85(99)53(3)4)93-81(95)63-49-69(109-59-33-25-55(26-34-59)89(7,8)9)75-77-71(111-61-37-29-57(30-38-61)91(13,14)15)51-65-74-66(84(98)94(83(65)97)68(24-22-20-2)88(102)108-48-44-104-42-46-106-86(100)54(5)6)52-72(112-62-39-31-58(32-40-62)92(16,17)18)78(80(74)77)76-70(50-64(82(93)96)73(63)79(75)76)110-60-35-27-56(28-36-60)90(10,11)12/h25-40,49-52,67-68H,3,5,19-24,41-48H2,1-2,4,6-18H3. The maximum absolute atomic E-state index is 16.4. The summed E-state index contributed by atoms with van der Waals surface area (Å²) in [6.45, 7) is 38.3. The molecule has 0 bridgehead atoms. The molecule has 4 amide bonds. The molecule has 20 nitrogen and oxygen atoms in total. The fraction of sp³-hybridized carbons (Fsp3) is 0.391. The van der Waals surface area contributed by atoms with Crippen molar-refractivity contribution in [2.24, 2.45) is 0 Å². The number of unbranched alkanes of at least 4 members (excludes halogenated alkanes) is 2. The van der Waals surface area contributed by atoms with Crippen LogP contribution < -0.4 is 18.9 Å². The van der Waals surface area contributed by atoms with Crippen LogP contribution >= 0.6 is 0 Å². The van der Waals surface area contributed by atoms with E-state index < -0.39 is 59.6 Å². The zero-order valence-electron chi connectivity index (χ0n) is 67.3. The molecule has 0 saturated carbocycles. The minimum Gasteiger partial charge on any atom is -0.462 e. The number of fused-ring (bicyclic) bond motifs is 2. The molecule has 0 aliphatic carbocycles. The number of esters is 4. The van der Waals surface area contributed by atoms with E-state index in [0.717, 1.165) is 32.1 Å². The Morgan fingerprint density at radius 1 is 0.339 bits per heavy atom. The van der Waals surface area contributed by atoms with E-state index in [9.17, 15) is 19.2 Å². The van der Waals surface area contributed by atoms with Gasteiger partial charge < -0.3 is 47.4 Å². The number of benzene rings is 9. The number of imide groups is 2. The summed E-state index contributed by atoms with van der Waals surface area (Å²) in [5.74, 6) is -4.71. The number of carbonyl (C=O) groups excluding carboxylic acids is 8. The fourth-order valence-electron chi connectivity index (χ4n) is 14.0. The van der Waals surface area contributed by atoms with Gasteiger partial charge in [-0.05, 0) is 143 Å². The Hall–Kier alpha value is -11.0. The first-order valence-electron chi connectivity index (χ1n) is 38.4. The summed E-state index contributed by atoms with van der Waals surface area (Å²) in [4.78, 5) is 121. The van der Waals surface area contributed by atoms with Crippen LogP contribution in [0.15, 0.2) is 146 Å². The number of carbonyl (C=O) groups is 8. The highest BCUT2D eigenvalue weighted by Gasteiger charge is 2.47. The molecule has 20 heteroatoms. The third kappa shape index (κ3) is 17.5. The van der Waals surface area contributed by atoms with Crippen LogP contribution in [-0.4, -0.2) is 122 Å². The second kappa shape index (κ2) is 33.5. The number of amides is 4. The predicted octanol–water partition coefficient (Wildman–Crippen LogP) is 19.8. The number of nitrogens with zero attached hydrogens (tertiary/aromatic N) is 2. The number of hydrogen-bond acceptors (Lipinski definition) is 18. The Bertz CT molecular complexity index is 4560. The van der Waals surface area contributed by atoms with Crippen molar-refractivity contribution in [3.63, 3.8) is 0 Å². The lowest BCUT2D eigenvalue weighted by Gasteiger charge is -2.35. The van der Waals surface area contributed by atoms with Gasteiger partial charge in [-0.1, -0.05) is 184 Å². The molecule has 112 heavy (non-hydrogen) atoms. The molecule has 588 valence electrons. The highest BCUT2D eigenvalue weighted by molar-refractivity contribution is 6.45. The molecule has 0 aromatic heterocycles. The van der Waals surface area contributed by atoms with Gasteiger partial charge in [0.25, 0.3) is 23.6 Å². The van der Waals surface area contributed by atoms with Crippen LogP contribution in [0.1, 0.15) is 213 Å². The van der Waals surface area contributed by atoms with E-state index in [2.05, 4.69) is 96.2 Å². The van der Waals surface area contributed by atoms with Crippen molar-refractivity contribution in [3.8, 4) is 46.0 Å². The smallest absolute Gasteiger partial charge is 0.333 e. The molecule has 2 aliphatic heterocycles. The predicted molar refractivity (Wildman–Crippen MR) is 431 cm³/mol. The Morgan fingerprint density at radius 2 is 0.571 bits per heavy atom. The number of hydrogen-bond donors (Lipinski definition) is 0. The van der Waals surface area contributed by atoms with E-state index in [1.807, 2.05) is 111 Å². The van der Waals surface area contributed by atoms with Crippen molar-refractivity contribution >= 4 is 90.6 Å². The van der Waals surface area contributed by atoms with Crippen molar-refractivity contribution < 1.29 is 85.7 Å². The Kier molecular flexibility index (Phi) is 24.6. The van der Waals surface area contributed by atoms with Gasteiger partial charge in [-0.2, -0.15) is 0 Å². The molecule has 0 saturated heterocycles. The van der Waals surface area contributed by atoms with Crippen LogP contribution in [-0.2, 0) is 69.3 Å². The minimum atomic E-state index is -1.47. The van der Waals surface area contributed by atoms with Crippen LogP contribution in [0.25, 0.3) is 43.1 Å². The molecule has 11 rings (SSSR count). The van der Waals surface area contributed by atoms with Crippen molar-refractivity contribution in [2.45, 2.75) is 183 Å². The quantitative estimate of drug-likeness (QED) is 0.00724. The maximum Gasteiger partial charge on any atom is 0.333 e. The highest BCUT2D eigenvalue weighted by atomic mass is 16.6. The molecule has 2 unspecified atom stereocenters. The fourth-order valence-corrected chi connectivity index (χ4v) is 14.0. The topological polar surface area (TPSA) is 235 Å². The molecule has 0 fully saturated rings. The lowest BCUT2D eigenvalue weighted by Crippen LogP contribution is -2.51. The van der Waals surface area contributed by atoms with Crippen LogP contribution in [0, 0.1) is 0 Å². The summed E-state index contributed by atoms with van der Waals surface area (Å²) in [6.07, 6.45) is 1.98. The number of ether oxygens (including phenoxy) is 10. The second-order valence-electron chi connectivity index (χ2n) is 32.9. The van der Waals surface area contributed by atoms with E-state index >= 15 is 19.2 Å². The third-order valence-electron chi connectivity index (χ3n) is 20.1. The van der Waals surface area contributed by atoms with Crippen LogP contribution in [0.4, 0.5) is 0 Å². The minimum absolute atomic E-state index is 0.0104. The summed E-state index contributed by atoms with van der Waals surface area (Å²) in [5.41, 5.74) is 3.13. The highest BCUT2D eigenvalue weighted by Crippen LogP contribution is 2.58. The van der Waals surface area contributed by atoms with Gasteiger partial charge in [-0.15, -0.1) is 0 Å². The second-order valence-corrected chi connectivity index (χ2v) is 32.9. The van der Waals surface area contributed by atoms with Gasteiger partial charge in [0.1, 0.15) is 84.5 Å². The van der Waals surface area contributed by atoms with E-state index in [0.29, 0.717) is 48.7 Å². The van der Waals surface area contributed by atoms with E-state index in [1.165, 1.54) is 13.8 Å². The molecule has 0 radical (unpaired) electrons. The molecular weight excluding hydrogens is 1420 g/mol. The normalized spacial score (nSPS) is 13.8. The van der Waals surface area contributed by atoms with Crippen molar-refractivity contribution in [1.29, 1.82) is 0 Å². The Balaban J connectivity index is 1.24. The Labute approximate surface area is 654 Å². The molecule has 0 N–H and O–H groups in total.